The molecule has 2 amide bonds. The van der Waals surface area contributed by atoms with E-state index in [1.807, 2.05) is 29.7 Å². The van der Waals surface area contributed by atoms with Crippen molar-refractivity contribution in [3.05, 3.63) is 23.0 Å². The SMILES string of the molecule is CCn1c(=NC(=O)CS(=O)(=O)CC(=O)N2CCCCC2)sc2cc(OC)ccc21. The molecule has 1 saturated heterocycles. The first kappa shape index (κ1) is 21.5. The van der Waals surface area contributed by atoms with Gasteiger partial charge in [0.1, 0.15) is 17.3 Å². The van der Waals surface area contributed by atoms with Gasteiger partial charge in [-0.2, -0.15) is 4.99 Å². The van der Waals surface area contributed by atoms with E-state index in [9.17, 15) is 18.0 Å². The van der Waals surface area contributed by atoms with Crippen LogP contribution >= 0.6 is 11.3 Å². The molecule has 0 saturated carbocycles. The molecule has 2 heterocycles. The highest BCUT2D eigenvalue weighted by Crippen LogP contribution is 2.23. The van der Waals surface area contributed by atoms with Crippen molar-refractivity contribution in [2.24, 2.45) is 4.99 Å². The lowest BCUT2D eigenvalue weighted by Crippen LogP contribution is -2.40. The number of sulfone groups is 1. The van der Waals surface area contributed by atoms with Crippen molar-refractivity contribution in [2.45, 2.75) is 32.7 Å². The molecule has 2 aromatic rings. The number of amides is 2. The van der Waals surface area contributed by atoms with Crippen LogP contribution in [0.4, 0.5) is 0 Å². The predicted octanol–water partition coefficient (Wildman–Crippen LogP) is 1.59. The number of ether oxygens (including phenoxy) is 1. The number of hydrogen-bond donors (Lipinski definition) is 0. The number of rotatable bonds is 6. The average molecular weight is 440 g/mol. The number of benzene rings is 1. The summed E-state index contributed by atoms with van der Waals surface area (Å²) >= 11 is 1.29. The van der Waals surface area contributed by atoms with Crippen LogP contribution in [0.2, 0.25) is 0 Å². The van der Waals surface area contributed by atoms with Gasteiger partial charge in [-0.15, -0.1) is 0 Å². The Hall–Kier alpha value is -2.20. The number of piperidine rings is 1. The van der Waals surface area contributed by atoms with E-state index in [1.165, 1.54) is 11.3 Å². The zero-order chi connectivity index (χ0) is 21.0. The molecule has 1 aromatic carbocycles. The molecule has 10 heteroatoms. The number of methoxy groups -OCH3 is 1. The van der Waals surface area contributed by atoms with Crippen LogP contribution in [-0.4, -0.2) is 61.4 Å². The maximum atomic E-state index is 12.4. The van der Waals surface area contributed by atoms with Gasteiger partial charge < -0.3 is 14.2 Å². The molecule has 1 aromatic heterocycles. The summed E-state index contributed by atoms with van der Waals surface area (Å²) in [6.45, 7) is 3.66. The molecular formula is C19H25N3O5S2. The van der Waals surface area contributed by atoms with E-state index in [2.05, 4.69) is 4.99 Å². The van der Waals surface area contributed by atoms with Crippen molar-refractivity contribution in [1.29, 1.82) is 0 Å². The third-order valence-electron chi connectivity index (χ3n) is 4.82. The number of hydrogen-bond acceptors (Lipinski definition) is 6. The highest BCUT2D eigenvalue weighted by Gasteiger charge is 2.25. The van der Waals surface area contributed by atoms with E-state index < -0.39 is 33.2 Å². The van der Waals surface area contributed by atoms with E-state index in [0.717, 1.165) is 29.5 Å². The van der Waals surface area contributed by atoms with Crippen LogP contribution in [0.15, 0.2) is 23.2 Å². The largest absolute Gasteiger partial charge is 0.497 e. The highest BCUT2D eigenvalue weighted by atomic mass is 32.2. The van der Waals surface area contributed by atoms with Crippen molar-refractivity contribution >= 4 is 43.2 Å². The number of likely N-dealkylation sites (tertiary alicyclic amines) is 1. The Morgan fingerprint density at radius 1 is 1.17 bits per heavy atom. The molecule has 8 nitrogen and oxygen atoms in total. The number of fused-ring (bicyclic) bond motifs is 1. The molecule has 29 heavy (non-hydrogen) atoms. The first-order valence-electron chi connectivity index (χ1n) is 9.56. The van der Waals surface area contributed by atoms with Gasteiger partial charge in [-0.3, -0.25) is 9.59 Å². The maximum Gasteiger partial charge on any atom is 0.263 e. The summed E-state index contributed by atoms with van der Waals surface area (Å²) in [4.78, 5) is 30.6. The summed E-state index contributed by atoms with van der Waals surface area (Å²) in [6, 6.07) is 5.55. The molecular weight excluding hydrogens is 414 g/mol. The monoisotopic (exact) mass is 439 g/mol. The smallest absolute Gasteiger partial charge is 0.263 e. The van der Waals surface area contributed by atoms with E-state index in [0.29, 0.717) is 30.2 Å². The van der Waals surface area contributed by atoms with Crippen LogP contribution in [-0.2, 0) is 26.0 Å². The minimum atomic E-state index is -3.87. The zero-order valence-electron chi connectivity index (χ0n) is 16.6. The van der Waals surface area contributed by atoms with E-state index in [4.69, 9.17) is 4.74 Å². The van der Waals surface area contributed by atoms with Crippen molar-refractivity contribution in [1.82, 2.24) is 9.47 Å². The standard InChI is InChI=1S/C19H25N3O5S2/c1-3-22-15-8-7-14(27-2)11-16(15)28-19(22)20-17(23)12-29(25,26)13-18(24)21-9-5-4-6-10-21/h7-8,11H,3-6,9-10,12-13H2,1-2H3. The van der Waals surface area contributed by atoms with Crippen molar-refractivity contribution in [2.75, 3.05) is 31.7 Å². The second kappa shape index (κ2) is 9.08. The molecule has 0 N–H and O–H groups in total. The van der Waals surface area contributed by atoms with E-state index >= 15 is 0 Å². The molecule has 0 radical (unpaired) electrons. The van der Waals surface area contributed by atoms with Crippen LogP contribution < -0.4 is 9.54 Å². The zero-order valence-corrected chi connectivity index (χ0v) is 18.2. The molecule has 1 fully saturated rings. The second-order valence-corrected chi connectivity index (χ2v) is 10.0. The van der Waals surface area contributed by atoms with Crippen LogP contribution in [0.5, 0.6) is 5.75 Å². The third kappa shape index (κ3) is 5.24. The van der Waals surface area contributed by atoms with Gasteiger partial charge in [0.2, 0.25) is 5.91 Å². The van der Waals surface area contributed by atoms with Gasteiger partial charge in [0.25, 0.3) is 5.91 Å². The topological polar surface area (TPSA) is 98.0 Å². The Labute approximate surface area is 173 Å². The van der Waals surface area contributed by atoms with Crippen LogP contribution in [0.3, 0.4) is 0 Å². The molecule has 0 unspecified atom stereocenters. The minimum Gasteiger partial charge on any atom is -0.497 e. The number of nitrogens with zero attached hydrogens (tertiary/aromatic N) is 3. The van der Waals surface area contributed by atoms with Gasteiger partial charge in [0, 0.05) is 19.6 Å². The predicted molar refractivity (Wildman–Crippen MR) is 112 cm³/mol. The molecule has 1 aliphatic rings. The van der Waals surface area contributed by atoms with Crippen LogP contribution in [0, 0.1) is 0 Å². The van der Waals surface area contributed by atoms with Crippen molar-refractivity contribution < 1.29 is 22.7 Å². The summed E-state index contributed by atoms with van der Waals surface area (Å²) in [6.07, 6.45) is 2.81. The number of carbonyl (C=O) groups is 2. The lowest BCUT2D eigenvalue weighted by atomic mass is 10.1. The lowest BCUT2D eigenvalue weighted by molar-refractivity contribution is -0.129. The second-order valence-electron chi connectivity index (χ2n) is 6.94. The molecule has 1 aliphatic heterocycles. The third-order valence-corrected chi connectivity index (χ3v) is 7.24. The average Bonchev–Trinajstić information content (AvgIpc) is 3.03. The van der Waals surface area contributed by atoms with Crippen LogP contribution in [0.25, 0.3) is 10.2 Å². The first-order valence-corrected chi connectivity index (χ1v) is 12.2. The van der Waals surface area contributed by atoms with Gasteiger partial charge in [0.05, 0.1) is 17.3 Å². The van der Waals surface area contributed by atoms with E-state index in [1.54, 1.807) is 12.0 Å². The Kier molecular flexibility index (Phi) is 6.74. The maximum absolute atomic E-state index is 12.4. The number of carbonyl (C=O) groups excluding carboxylic acids is 2. The summed E-state index contributed by atoms with van der Waals surface area (Å²) in [5.41, 5.74) is 0.896. The van der Waals surface area contributed by atoms with Gasteiger partial charge in [0.15, 0.2) is 14.6 Å². The molecule has 3 rings (SSSR count). The summed E-state index contributed by atoms with van der Waals surface area (Å²) in [5, 5.41) is 0. The minimum absolute atomic E-state index is 0.429. The highest BCUT2D eigenvalue weighted by molar-refractivity contribution is 7.92. The van der Waals surface area contributed by atoms with E-state index in [-0.39, 0.29) is 0 Å². The fourth-order valence-electron chi connectivity index (χ4n) is 3.37. The Morgan fingerprint density at radius 2 is 1.90 bits per heavy atom. The van der Waals surface area contributed by atoms with Crippen LogP contribution in [0.1, 0.15) is 26.2 Å². The summed E-state index contributed by atoms with van der Waals surface area (Å²) < 4.78 is 32.7. The van der Waals surface area contributed by atoms with Gasteiger partial charge in [-0.1, -0.05) is 11.3 Å². The fraction of sp³-hybridized carbons (Fsp3) is 0.526. The number of thiazole rings is 1. The van der Waals surface area contributed by atoms with Gasteiger partial charge in [-0.05, 0) is 44.4 Å². The van der Waals surface area contributed by atoms with Gasteiger partial charge in [-0.25, -0.2) is 8.42 Å². The number of aryl methyl sites for hydroxylation is 1. The lowest BCUT2D eigenvalue weighted by Gasteiger charge is -2.26. The normalized spacial score (nSPS) is 15.7. The molecule has 0 spiro atoms. The van der Waals surface area contributed by atoms with Crippen molar-refractivity contribution in [3.63, 3.8) is 0 Å². The quantitative estimate of drug-likeness (QED) is 0.681. The number of aromatic nitrogens is 1. The molecule has 0 bridgehead atoms. The Balaban J connectivity index is 1.78. The molecule has 0 aliphatic carbocycles. The fourth-order valence-corrected chi connectivity index (χ4v) is 5.61. The van der Waals surface area contributed by atoms with Gasteiger partial charge >= 0.3 is 0 Å². The Morgan fingerprint density at radius 3 is 2.55 bits per heavy atom. The van der Waals surface area contributed by atoms with Crippen molar-refractivity contribution in [3.8, 4) is 5.75 Å². The summed E-state index contributed by atoms with van der Waals surface area (Å²) in [5.74, 6) is -1.93. The first-order chi connectivity index (χ1) is 13.8. The summed E-state index contributed by atoms with van der Waals surface area (Å²) in [7, 11) is -2.29. The Bertz CT molecular complexity index is 1080. The molecule has 158 valence electrons. The molecule has 0 atom stereocenters.